The van der Waals surface area contributed by atoms with Gasteiger partial charge in [-0.25, -0.2) is 4.79 Å². The average molecular weight is 172 g/mol. The van der Waals surface area contributed by atoms with Gasteiger partial charge in [-0.2, -0.15) is 0 Å². The Kier molecular flexibility index (Phi) is 6.15. The van der Waals surface area contributed by atoms with Crippen LogP contribution in [-0.2, 0) is 4.74 Å². The Morgan fingerprint density at radius 3 is 2.83 bits per heavy atom. The highest BCUT2D eigenvalue weighted by Gasteiger charge is 2.10. The van der Waals surface area contributed by atoms with Crippen molar-refractivity contribution in [3.63, 3.8) is 0 Å². The smallest absolute Gasteiger partial charge is 0.450 e. The van der Waals surface area contributed by atoms with Crippen molar-refractivity contribution in [3.8, 4) is 0 Å². The van der Waals surface area contributed by atoms with Gasteiger partial charge in [0.05, 0.1) is 0 Å². The van der Waals surface area contributed by atoms with Gasteiger partial charge in [0.15, 0.2) is 0 Å². The first-order valence-corrected chi connectivity index (χ1v) is 4.21. The summed E-state index contributed by atoms with van der Waals surface area (Å²) in [5.41, 5.74) is 0. The maximum Gasteiger partial charge on any atom is 0.506 e. The van der Waals surface area contributed by atoms with Crippen LogP contribution in [0.3, 0.4) is 0 Å². The van der Waals surface area contributed by atoms with Gasteiger partial charge in [0.25, 0.3) is 0 Å². The molecule has 0 saturated carbocycles. The van der Waals surface area contributed by atoms with Gasteiger partial charge >= 0.3 is 6.16 Å². The van der Waals surface area contributed by atoms with Crippen molar-refractivity contribution in [1.29, 1.82) is 0 Å². The molecule has 0 aliphatic rings. The van der Waals surface area contributed by atoms with E-state index in [9.17, 15) is 4.79 Å². The van der Waals surface area contributed by atoms with Crippen LogP contribution in [0.15, 0.2) is 12.7 Å². The molecular weight excluding hydrogens is 156 g/mol. The topological polar surface area (TPSA) is 46.5 Å². The van der Waals surface area contributed by atoms with Crippen molar-refractivity contribution >= 4 is 6.16 Å². The highest BCUT2D eigenvalue weighted by molar-refractivity contribution is 5.57. The van der Waals surface area contributed by atoms with Gasteiger partial charge in [0.1, 0.15) is 6.10 Å². The average Bonchev–Trinajstić information content (AvgIpc) is 2.00. The molecule has 3 nitrogen and oxygen atoms in total. The molecule has 0 aliphatic carbocycles. The third kappa shape index (κ3) is 5.77. The molecule has 0 aromatic carbocycles. The van der Waals surface area contributed by atoms with Crippen molar-refractivity contribution in [1.82, 2.24) is 0 Å². The van der Waals surface area contributed by atoms with E-state index in [0.29, 0.717) is 6.42 Å². The molecule has 12 heavy (non-hydrogen) atoms. The predicted octanol–water partition coefficient (Wildman–Crippen LogP) is 2.82. The normalized spacial score (nSPS) is 12.1. The molecule has 0 aromatic heterocycles. The molecule has 0 fully saturated rings. The molecule has 1 unspecified atom stereocenters. The van der Waals surface area contributed by atoms with Crippen molar-refractivity contribution in [2.45, 2.75) is 38.7 Å². The predicted molar refractivity (Wildman–Crippen MR) is 47.2 cm³/mol. The van der Waals surface area contributed by atoms with Gasteiger partial charge in [0, 0.05) is 6.42 Å². The Bertz CT molecular complexity index is 143. The van der Waals surface area contributed by atoms with Gasteiger partial charge in [-0.15, -0.1) is 6.58 Å². The molecule has 1 N–H and O–H groups in total. The van der Waals surface area contributed by atoms with Crippen LogP contribution in [0, 0.1) is 0 Å². The monoisotopic (exact) mass is 172 g/mol. The summed E-state index contributed by atoms with van der Waals surface area (Å²) in [6, 6.07) is 0. The minimum absolute atomic E-state index is 0.208. The fourth-order valence-corrected chi connectivity index (χ4v) is 0.985. The molecular formula is C9H16O3. The summed E-state index contributed by atoms with van der Waals surface area (Å²) in [6.45, 7) is 5.60. The lowest BCUT2D eigenvalue weighted by atomic mass is 10.1. The molecule has 70 valence electrons. The highest BCUT2D eigenvalue weighted by Crippen LogP contribution is 2.09. The maximum atomic E-state index is 10.2. The van der Waals surface area contributed by atoms with Crippen LogP contribution in [0.25, 0.3) is 0 Å². The molecule has 0 radical (unpaired) electrons. The van der Waals surface area contributed by atoms with Gasteiger partial charge in [0.2, 0.25) is 0 Å². The number of hydrogen-bond acceptors (Lipinski definition) is 2. The third-order valence-electron chi connectivity index (χ3n) is 1.58. The molecule has 0 spiro atoms. The van der Waals surface area contributed by atoms with E-state index in [4.69, 9.17) is 5.11 Å². The van der Waals surface area contributed by atoms with Gasteiger partial charge in [-0.1, -0.05) is 25.8 Å². The standard InChI is InChI=1S/C9H16O3/c1-3-5-7-8(6-4-2)12-9(10)11/h4,8H,2-3,5-7H2,1H3,(H,10,11). The first-order chi connectivity index (χ1) is 5.70. The summed E-state index contributed by atoms with van der Waals surface area (Å²) in [6.07, 6.45) is 3.71. The summed E-state index contributed by atoms with van der Waals surface area (Å²) < 4.78 is 4.64. The second-order valence-electron chi connectivity index (χ2n) is 2.67. The molecule has 3 heteroatoms. The molecule has 0 heterocycles. The molecule has 0 saturated heterocycles. The lowest BCUT2D eigenvalue weighted by Gasteiger charge is -2.12. The largest absolute Gasteiger partial charge is 0.506 e. The zero-order chi connectivity index (χ0) is 9.40. The lowest BCUT2D eigenvalue weighted by Crippen LogP contribution is -2.15. The number of hydrogen-bond donors (Lipinski definition) is 1. The molecule has 0 rings (SSSR count). The van der Waals surface area contributed by atoms with Crippen LogP contribution in [0.5, 0.6) is 0 Å². The second-order valence-corrected chi connectivity index (χ2v) is 2.67. The van der Waals surface area contributed by atoms with E-state index in [1.165, 1.54) is 0 Å². The van der Waals surface area contributed by atoms with E-state index in [0.717, 1.165) is 19.3 Å². The highest BCUT2D eigenvalue weighted by atomic mass is 16.7. The maximum absolute atomic E-state index is 10.2. The Morgan fingerprint density at radius 1 is 1.75 bits per heavy atom. The summed E-state index contributed by atoms with van der Waals surface area (Å²) in [5.74, 6) is 0. The van der Waals surface area contributed by atoms with Crippen molar-refractivity contribution in [2.75, 3.05) is 0 Å². The molecule has 0 aliphatic heterocycles. The van der Waals surface area contributed by atoms with Crippen LogP contribution >= 0.6 is 0 Å². The van der Waals surface area contributed by atoms with Crippen LogP contribution in [0.1, 0.15) is 32.6 Å². The zero-order valence-electron chi connectivity index (χ0n) is 7.45. The van der Waals surface area contributed by atoms with E-state index in [1.54, 1.807) is 6.08 Å². The quantitative estimate of drug-likeness (QED) is 0.495. The molecule has 0 aromatic rings. The van der Waals surface area contributed by atoms with Crippen LogP contribution in [-0.4, -0.2) is 17.4 Å². The van der Waals surface area contributed by atoms with Gasteiger partial charge in [-0.3, -0.25) is 0 Å². The second kappa shape index (κ2) is 6.70. The number of carbonyl (C=O) groups is 1. The van der Waals surface area contributed by atoms with E-state index in [2.05, 4.69) is 18.2 Å². The van der Waals surface area contributed by atoms with E-state index in [-0.39, 0.29) is 6.10 Å². The number of ether oxygens (including phenoxy) is 1. The van der Waals surface area contributed by atoms with Gasteiger partial charge < -0.3 is 9.84 Å². The van der Waals surface area contributed by atoms with Crippen molar-refractivity contribution in [3.05, 3.63) is 12.7 Å². The summed E-state index contributed by atoms with van der Waals surface area (Å²) in [7, 11) is 0. The first-order valence-electron chi connectivity index (χ1n) is 4.21. The Morgan fingerprint density at radius 2 is 2.42 bits per heavy atom. The zero-order valence-corrected chi connectivity index (χ0v) is 7.45. The minimum Gasteiger partial charge on any atom is -0.450 e. The lowest BCUT2D eigenvalue weighted by molar-refractivity contribution is 0.0485. The number of carboxylic acid groups (broad SMARTS) is 1. The van der Waals surface area contributed by atoms with Crippen LogP contribution < -0.4 is 0 Å². The summed E-state index contributed by atoms with van der Waals surface area (Å²) >= 11 is 0. The van der Waals surface area contributed by atoms with E-state index >= 15 is 0 Å². The fraction of sp³-hybridized carbons (Fsp3) is 0.667. The SMILES string of the molecule is C=CCC(CCCC)OC(=O)O. The van der Waals surface area contributed by atoms with Crippen molar-refractivity contribution in [2.24, 2.45) is 0 Å². The van der Waals surface area contributed by atoms with Gasteiger partial charge in [-0.05, 0) is 6.42 Å². The van der Waals surface area contributed by atoms with Crippen LogP contribution in [0.2, 0.25) is 0 Å². The third-order valence-corrected chi connectivity index (χ3v) is 1.58. The molecule has 0 amide bonds. The van der Waals surface area contributed by atoms with Crippen molar-refractivity contribution < 1.29 is 14.6 Å². The Labute approximate surface area is 73.0 Å². The molecule has 1 atom stereocenters. The van der Waals surface area contributed by atoms with E-state index in [1.807, 2.05) is 0 Å². The Balaban J connectivity index is 3.68. The Hall–Kier alpha value is -0.990. The number of rotatable bonds is 6. The minimum atomic E-state index is -1.20. The summed E-state index contributed by atoms with van der Waals surface area (Å²) in [4.78, 5) is 10.2. The first kappa shape index (κ1) is 11.0. The molecule has 0 bridgehead atoms. The van der Waals surface area contributed by atoms with Crippen LogP contribution in [0.4, 0.5) is 4.79 Å². The number of unbranched alkanes of at least 4 members (excludes halogenated alkanes) is 1. The van der Waals surface area contributed by atoms with E-state index < -0.39 is 6.16 Å². The summed E-state index contributed by atoms with van der Waals surface area (Å²) in [5, 5.41) is 8.35. The fourth-order valence-electron chi connectivity index (χ4n) is 0.985.